The third kappa shape index (κ3) is 4.77. The van der Waals surface area contributed by atoms with Crippen LogP contribution in [0.4, 0.5) is 13.6 Å². The van der Waals surface area contributed by atoms with Gasteiger partial charge in [-0.25, -0.2) is 23.1 Å². The minimum Gasteiger partial charge on any atom is -0.465 e. The van der Waals surface area contributed by atoms with Crippen molar-refractivity contribution >= 4 is 16.1 Å². The number of carbonyl (C=O) groups is 1. The van der Waals surface area contributed by atoms with Gasteiger partial charge in [-0.05, 0) is 29.7 Å². The van der Waals surface area contributed by atoms with Crippen molar-refractivity contribution in [2.75, 3.05) is 6.54 Å². The van der Waals surface area contributed by atoms with E-state index < -0.39 is 45.5 Å². The SMILES string of the molecule is CC(C)(C)CN(Cc1cn(S(=O)(=O)c2ccccn2)c(-c2cccnc2F)c1F)C(=O)O. The first-order valence-corrected chi connectivity index (χ1v) is 11.0. The van der Waals surface area contributed by atoms with E-state index in [1.165, 1.54) is 36.5 Å². The van der Waals surface area contributed by atoms with Gasteiger partial charge in [-0.2, -0.15) is 12.8 Å². The highest BCUT2D eigenvalue weighted by Gasteiger charge is 2.31. The summed E-state index contributed by atoms with van der Waals surface area (Å²) in [4.78, 5) is 20.0. The molecule has 3 aromatic heterocycles. The largest absolute Gasteiger partial charge is 0.465 e. The summed E-state index contributed by atoms with van der Waals surface area (Å²) in [5, 5.41) is 9.18. The van der Waals surface area contributed by atoms with E-state index in [9.17, 15) is 22.7 Å². The van der Waals surface area contributed by atoms with E-state index in [-0.39, 0.29) is 22.7 Å². The van der Waals surface area contributed by atoms with E-state index in [0.717, 1.165) is 17.3 Å². The van der Waals surface area contributed by atoms with Crippen LogP contribution in [0.3, 0.4) is 0 Å². The molecule has 170 valence electrons. The van der Waals surface area contributed by atoms with Crippen molar-refractivity contribution < 1.29 is 27.1 Å². The van der Waals surface area contributed by atoms with Gasteiger partial charge in [0, 0.05) is 30.7 Å². The molecule has 0 atom stereocenters. The Balaban J connectivity index is 2.21. The zero-order valence-electron chi connectivity index (χ0n) is 17.7. The summed E-state index contributed by atoms with van der Waals surface area (Å²) in [7, 11) is -4.42. The Morgan fingerprint density at radius 3 is 2.38 bits per heavy atom. The Kier molecular flexibility index (Phi) is 6.31. The van der Waals surface area contributed by atoms with Crippen molar-refractivity contribution in [1.82, 2.24) is 18.8 Å². The lowest BCUT2D eigenvalue weighted by atomic mass is 9.96. The monoisotopic (exact) mass is 464 g/mol. The molecule has 3 rings (SSSR count). The summed E-state index contributed by atoms with van der Waals surface area (Å²) < 4.78 is 57.0. The molecule has 0 saturated carbocycles. The van der Waals surface area contributed by atoms with Crippen LogP contribution in [-0.2, 0) is 16.6 Å². The van der Waals surface area contributed by atoms with Crippen molar-refractivity contribution in [2.24, 2.45) is 5.41 Å². The van der Waals surface area contributed by atoms with E-state index in [1.54, 1.807) is 0 Å². The van der Waals surface area contributed by atoms with Gasteiger partial charge in [0.05, 0.1) is 12.1 Å². The lowest BCUT2D eigenvalue weighted by Gasteiger charge is -2.27. The molecule has 0 aliphatic rings. The van der Waals surface area contributed by atoms with Crippen LogP contribution >= 0.6 is 0 Å². The number of hydrogen-bond donors (Lipinski definition) is 1. The fourth-order valence-electron chi connectivity index (χ4n) is 3.18. The maximum Gasteiger partial charge on any atom is 0.407 e. The van der Waals surface area contributed by atoms with Crippen LogP contribution in [-0.4, -0.2) is 45.0 Å². The molecule has 32 heavy (non-hydrogen) atoms. The Labute approximate surface area is 184 Å². The molecular formula is C21H22F2N4O4S. The molecule has 0 unspecified atom stereocenters. The smallest absolute Gasteiger partial charge is 0.407 e. The lowest BCUT2D eigenvalue weighted by molar-refractivity contribution is 0.122. The summed E-state index contributed by atoms with van der Waals surface area (Å²) in [6.07, 6.45) is 2.06. The van der Waals surface area contributed by atoms with Crippen LogP contribution in [0.2, 0.25) is 0 Å². The minimum absolute atomic E-state index is 0.0660. The zero-order valence-corrected chi connectivity index (χ0v) is 18.5. The van der Waals surface area contributed by atoms with Crippen molar-refractivity contribution in [3.8, 4) is 11.3 Å². The van der Waals surface area contributed by atoms with Crippen LogP contribution in [0.1, 0.15) is 26.3 Å². The number of rotatable bonds is 6. The summed E-state index contributed by atoms with van der Waals surface area (Å²) >= 11 is 0. The van der Waals surface area contributed by atoms with Crippen LogP contribution in [0, 0.1) is 17.2 Å². The quantitative estimate of drug-likeness (QED) is 0.553. The van der Waals surface area contributed by atoms with E-state index in [0.29, 0.717) is 3.97 Å². The first-order valence-electron chi connectivity index (χ1n) is 9.57. The first kappa shape index (κ1) is 23.3. The third-order valence-electron chi connectivity index (χ3n) is 4.46. The molecule has 1 N–H and O–H groups in total. The highest BCUT2D eigenvalue weighted by molar-refractivity contribution is 7.90. The number of halogens is 2. The first-order chi connectivity index (χ1) is 14.9. The molecule has 0 bridgehead atoms. The minimum atomic E-state index is -4.42. The van der Waals surface area contributed by atoms with Gasteiger partial charge in [0.25, 0.3) is 10.0 Å². The van der Waals surface area contributed by atoms with Crippen LogP contribution < -0.4 is 0 Å². The number of aromatic nitrogens is 3. The van der Waals surface area contributed by atoms with Crippen molar-refractivity contribution in [3.63, 3.8) is 0 Å². The second-order valence-electron chi connectivity index (χ2n) is 8.33. The molecule has 0 aromatic carbocycles. The highest BCUT2D eigenvalue weighted by atomic mass is 32.2. The molecule has 0 radical (unpaired) electrons. The van der Waals surface area contributed by atoms with Crippen molar-refractivity contribution in [3.05, 3.63) is 66.3 Å². The molecule has 3 aromatic rings. The predicted octanol–water partition coefficient (Wildman–Crippen LogP) is 3.99. The molecule has 0 aliphatic carbocycles. The second-order valence-corrected chi connectivity index (χ2v) is 10.1. The Bertz CT molecular complexity index is 1240. The topological polar surface area (TPSA) is 105 Å². The third-order valence-corrected chi connectivity index (χ3v) is 6.03. The van der Waals surface area contributed by atoms with Gasteiger partial charge in [-0.15, -0.1) is 0 Å². The summed E-state index contributed by atoms with van der Waals surface area (Å²) in [6, 6.07) is 6.71. The summed E-state index contributed by atoms with van der Waals surface area (Å²) in [5.74, 6) is -2.13. The van der Waals surface area contributed by atoms with E-state index >= 15 is 4.39 Å². The Morgan fingerprint density at radius 2 is 1.81 bits per heavy atom. The van der Waals surface area contributed by atoms with Gasteiger partial charge < -0.3 is 10.0 Å². The van der Waals surface area contributed by atoms with Crippen LogP contribution in [0.5, 0.6) is 0 Å². The Morgan fingerprint density at radius 1 is 1.12 bits per heavy atom. The number of carboxylic acid groups (broad SMARTS) is 1. The van der Waals surface area contributed by atoms with E-state index in [2.05, 4.69) is 9.97 Å². The Hall–Kier alpha value is -3.34. The van der Waals surface area contributed by atoms with Gasteiger partial charge in [-0.3, -0.25) is 0 Å². The maximum absolute atomic E-state index is 15.5. The maximum atomic E-state index is 15.5. The zero-order chi connectivity index (χ0) is 23.7. The number of nitrogens with zero attached hydrogens (tertiary/aromatic N) is 4. The van der Waals surface area contributed by atoms with Crippen LogP contribution in [0.15, 0.2) is 53.9 Å². The van der Waals surface area contributed by atoms with Gasteiger partial charge in [0.2, 0.25) is 5.95 Å². The molecule has 0 spiro atoms. The van der Waals surface area contributed by atoms with Crippen molar-refractivity contribution in [2.45, 2.75) is 32.3 Å². The molecule has 0 saturated heterocycles. The standard InChI is InChI=1S/C21H22F2N4O4S/c1-21(2,3)13-26(20(28)29)11-14-12-27(32(30,31)16-8-4-5-9-24-16)18(17(14)22)15-7-6-10-25-19(15)23/h4-10,12H,11,13H2,1-3H3,(H,28,29). The highest BCUT2D eigenvalue weighted by Crippen LogP contribution is 2.32. The number of amides is 1. The normalized spacial score (nSPS) is 12.0. The summed E-state index contributed by atoms with van der Waals surface area (Å²) in [5.41, 5.74) is -1.63. The van der Waals surface area contributed by atoms with Crippen LogP contribution in [0.25, 0.3) is 11.3 Å². The van der Waals surface area contributed by atoms with Gasteiger partial charge >= 0.3 is 6.09 Å². The fraction of sp³-hybridized carbons (Fsp3) is 0.286. The average Bonchev–Trinajstić information content (AvgIpc) is 3.04. The summed E-state index contributed by atoms with van der Waals surface area (Å²) in [6.45, 7) is 5.07. The predicted molar refractivity (Wildman–Crippen MR) is 112 cm³/mol. The molecular weight excluding hydrogens is 442 g/mol. The number of hydrogen-bond acceptors (Lipinski definition) is 5. The molecule has 3 heterocycles. The average molecular weight is 464 g/mol. The van der Waals surface area contributed by atoms with Crippen molar-refractivity contribution in [1.29, 1.82) is 0 Å². The van der Waals surface area contributed by atoms with Gasteiger partial charge in [0.15, 0.2) is 10.8 Å². The number of pyridine rings is 2. The molecule has 0 fully saturated rings. The lowest BCUT2D eigenvalue weighted by Crippen LogP contribution is -2.36. The second kappa shape index (κ2) is 8.65. The fourth-order valence-corrected chi connectivity index (χ4v) is 4.51. The van der Waals surface area contributed by atoms with E-state index in [4.69, 9.17) is 0 Å². The van der Waals surface area contributed by atoms with E-state index in [1.807, 2.05) is 20.8 Å². The molecule has 8 nitrogen and oxygen atoms in total. The van der Waals surface area contributed by atoms with Gasteiger partial charge in [0.1, 0.15) is 5.69 Å². The molecule has 0 aliphatic heterocycles. The van der Waals surface area contributed by atoms with Gasteiger partial charge in [-0.1, -0.05) is 26.8 Å². The molecule has 1 amide bonds. The molecule has 11 heteroatoms.